The number of allylic oxidation sites excluding steroid dienone is 1. The van der Waals surface area contributed by atoms with Crippen LogP contribution >= 0.6 is 0 Å². The van der Waals surface area contributed by atoms with Gasteiger partial charge in [0.1, 0.15) is 0 Å². The average molecular weight is 388 g/mol. The van der Waals surface area contributed by atoms with Crippen LogP contribution in [0, 0.1) is 5.92 Å². The van der Waals surface area contributed by atoms with E-state index in [4.69, 9.17) is 19.0 Å². The van der Waals surface area contributed by atoms with Crippen LogP contribution in [0.25, 0.3) is 0 Å². The van der Waals surface area contributed by atoms with Crippen molar-refractivity contribution in [2.75, 3.05) is 26.4 Å². The number of unbranched alkanes of at least 4 members (excludes halogenated alkanes) is 3. The summed E-state index contributed by atoms with van der Waals surface area (Å²) >= 11 is 0. The fraction of sp³-hybridized carbons (Fsp3) is 0.905. The molecule has 0 aliphatic rings. The van der Waals surface area contributed by atoms with E-state index in [-0.39, 0.29) is 0 Å². The lowest BCUT2D eigenvalue weighted by Crippen LogP contribution is -2.50. The highest BCUT2D eigenvalue weighted by Gasteiger charge is 2.46. The standard InChI is InChI=1S/C21H45NO3Si/c1-7-11-16-23-26(24-17-12-8-2,25-18-13-9-3)21(14-15-22)20(6)19(5)10-4/h19H,7-18,22H2,1-6H3. The highest BCUT2D eigenvalue weighted by atomic mass is 28.4. The Labute approximate surface area is 164 Å². The molecule has 5 heteroatoms. The van der Waals surface area contributed by atoms with Crippen LogP contribution in [0.1, 0.15) is 92.9 Å². The zero-order valence-electron chi connectivity index (χ0n) is 18.4. The summed E-state index contributed by atoms with van der Waals surface area (Å²) in [7, 11) is -2.90. The lowest BCUT2D eigenvalue weighted by molar-refractivity contribution is 0.0638. The van der Waals surface area contributed by atoms with Crippen molar-refractivity contribution in [1.82, 2.24) is 0 Å². The van der Waals surface area contributed by atoms with Crippen LogP contribution < -0.4 is 5.73 Å². The molecule has 0 aromatic carbocycles. The Balaban J connectivity index is 5.83. The second-order valence-corrected chi connectivity index (χ2v) is 9.75. The minimum atomic E-state index is -2.90. The van der Waals surface area contributed by atoms with E-state index in [9.17, 15) is 0 Å². The van der Waals surface area contributed by atoms with Gasteiger partial charge in [0, 0.05) is 25.0 Å². The predicted molar refractivity (Wildman–Crippen MR) is 114 cm³/mol. The number of nitrogens with two attached hydrogens (primary N) is 1. The van der Waals surface area contributed by atoms with E-state index >= 15 is 0 Å². The lowest BCUT2D eigenvalue weighted by atomic mass is 9.99. The van der Waals surface area contributed by atoms with Crippen LogP contribution in [0.4, 0.5) is 0 Å². The van der Waals surface area contributed by atoms with Crippen LogP contribution in [-0.4, -0.2) is 35.2 Å². The summed E-state index contributed by atoms with van der Waals surface area (Å²) in [4.78, 5) is 0. The molecule has 0 fully saturated rings. The molecule has 0 spiro atoms. The van der Waals surface area contributed by atoms with Gasteiger partial charge in [0.2, 0.25) is 0 Å². The van der Waals surface area contributed by atoms with Gasteiger partial charge in [0.05, 0.1) is 0 Å². The van der Waals surface area contributed by atoms with Gasteiger partial charge in [0.25, 0.3) is 0 Å². The largest absolute Gasteiger partial charge is 0.533 e. The summed E-state index contributed by atoms with van der Waals surface area (Å²) in [5, 5.41) is 1.23. The molecule has 0 aromatic heterocycles. The molecule has 0 amide bonds. The fourth-order valence-corrected chi connectivity index (χ4v) is 5.97. The Morgan fingerprint density at radius 2 is 1.27 bits per heavy atom. The zero-order valence-corrected chi connectivity index (χ0v) is 19.4. The van der Waals surface area contributed by atoms with E-state index in [1.165, 1.54) is 10.8 Å². The molecule has 2 N–H and O–H groups in total. The van der Waals surface area contributed by atoms with Crippen molar-refractivity contribution in [2.45, 2.75) is 92.9 Å². The lowest BCUT2D eigenvalue weighted by Gasteiger charge is -2.34. The molecular weight excluding hydrogens is 342 g/mol. The first-order chi connectivity index (χ1) is 12.5. The molecule has 0 aromatic rings. The minimum Gasteiger partial charge on any atom is -0.370 e. The Morgan fingerprint density at radius 1 is 0.846 bits per heavy atom. The topological polar surface area (TPSA) is 53.7 Å². The van der Waals surface area contributed by atoms with Gasteiger partial charge in [-0.3, -0.25) is 0 Å². The van der Waals surface area contributed by atoms with E-state index < -0.39 is 8.80 Å². The summed E-state index contributed by atoms with van der Waals surface area (Å²) in [6.45, 7) is 16.0. The second kappa shape index (κ2) is 15.8. The molecule has 0 aliphatic heterocycles. The van der Waals surface area contributed by atoms with Crippen molar-refractivity contribution in [1.29, 1.82) is 0 Å². The average Bonchev–Trinajstić information content (AvgIpc) is 2.65. The summed E-state index contributed by atoms with van der Waals surface area (Å²) in [6.07, 6.45) is 8.30. The maximum absolute atomic E-state index is 6.47. The molecule has 4 nitrogen and oxygen atoms in total. The SMILES string of the molecule is CCCCO[Si](OCCCC)(OCCCC)C(CCN)=C(C)C(C)CC. The van der Waals surface area contributed by atoms with E-state index in [0.717, 1.165) is 51.4 Å². The highest BCUT2D eigenvalue weighted by molar-refractivity contribution is 6.69. The van der Waals surface area contributed by atoms with E-state index in [2.05, 4.69) is 41.5 Å². The van der Waals surface area contributed by atoms with Gasteiger partial charge in [-0.05, 0) is 51.5 Å². The molecule has 0 saturated carbocycles. The zero-order chi connectivity index (χ0) is 19.8. The van der Waals surface area contributed by atoms with Crippen LogP contribution in [0.2, 0.25) is 0 Å². The van der Waals surface area contributed by atoms with Gasteiger partial charge in [-0.2, -0.15) is 0 Å². The summed E-state index contributed by atoms with van der Waals surface area (Å²) < 4.78 is 19.4. The molecule has 156 valence electrons. The van der Waals surface area contributed by atoms with Crippen molar-refractivity contribution in [2.24, 2.45) is 11.7 Å². The van der Waals surface area contributed by atoms with Crippen LogP contribution in [0.15, 0.2) is 10.8 Å². The van der Waals surface area contributed by atoms with Gasteiger partial charge < -0.3 is 19.0 Å². The Hall–Kier alpha value is -0.203. The van der Waals surface area contributed by atoms with E-state index in [1.54, 1.807) is 0 Å². The molecule has 0 radical (unpaired) electrons. The number of rotatable bonds is 17. The molecule has 0 aliphatic carbocycles. The monoisotopic (exact) mass is 387 g/mol. The second-order valence-electron chi connectivity index (χ2n) is 7.17. The van der Waals surface area contributed by atoms with Gasteiger partial charge >= 0.3 is 8.80 Å². The normalized spacial score (nSPS) is 14.4. The summed E-state index contributed by atoms with van der Waals surface area (Å²) in [6, 6.07) is 0. The van der Waals surface area contributed by atoms with E-state index in [0.29, 0.717) is 32.3 Å². The van der Waals surface area contributed by atoms with Gasteiger partial charge in [-0.15, -0.1) is 0 Å². The molecular formula is C21H45NO3Si. The van der Waals surface area contributed by atoms with Crippen molar-refractivity contribution >= 4 is 8.80 Å². The number of hydrogen-bond acceptors (Lipinski definition) is 4. The first-order valence-corrected chi connectivity index (χ1v) is 12.6. The van der Waals surface area contributed by atoms with Crippen molar-refractivity contribution in [3.05, 3.63) is 10.8 Å². The molecule has 0 saturated heterocycles. The Morgan fingerprint density at radius 3 is 1.58 bits per heavy atom. The third kappa shape index (κ3) is 9.13. The molecule has 1 atom stereocenters. The first kappa shape index (κ1) is 25.8. The highest BCUT2D eigenvalue weighted by Crippen LogP contribution is 2.31. The first-order valence-electron chi connectivity index (χ1n) is 10.8. The van der Waals surface area contributed by atoms with Crippen LogP contribution in [0.5, 0.6) is 0 Å². The minimum absolute atomic E-state index is 0.489. The van der Waals surface area contributed by atoms with Gasteiger partial charge in [-0.25, -0.2) is 0 Å². The quantitative estimate of drug-likeness (QED) is 0.260. The molecule has 0 bridgehead atoms. The maximum atomic E-state index is 6.47. The molecule has 0 rings (SSSR count). The molecule has 26 heavy (non-hydrogen) atoms. The third-order valence-electron chi connectivity index (χ3n) is 4.96. The van der Waals surface area contributed by atoms with Crippen LogP contribution in [0.3, 0.4) is 0 Å². The predicted octanol–water partition coefficient (Wildman–Crippen LogP) is 5.63. The number of hydrogen-bond donors (Lipinski definition) is 1. The van der Waals surface area contributed by atoms with Gasteiger partial charge in [0.15, 0.2) is 0 Å². The summed E-state index contributed by atoms with van der Waals surface area (Å²) in [5.41, 5.74) is 7.35. The Kier molecular flexibility index (Phi) is 15.7. The van der Waals surface area contributed by atoms with Crippen LogP contribution in [-0.2, 0) is 13.3 Å². The third-order valence-corrected chi connectivity index (χ3v) is 8.10. The maximum Gasteiger partial charge on any atom is 0.533 e. The van der Waals surface area contributed by atoms with Crippen molar-refractivity contribution in [3.8, 4) is 0 Å². The summed E-state index contributed by atoms with van der Waals surface area (Å²) in [5.74, 6) is 0.489. The van der Waals surface area contributed by atoms with Gasteiger partial charge in [-0.1, -0.05) is 59.5 Å². The molecule has 1 unspecified atom stereocenters. The van der Waals surface area contributed by atoms with Crippen molar-refractivity contribution in [3.63, 3.8) is 0 Å². The molecule has 0 heterocycles. The smallest absolute Gasteiger partial charge is 0.370 e. The van der Waals surface area contributed by atoms with E-state index in [1.807, 2.05) is 0 Å². The fourth-order valence-electron chi connectivity index (χ4n) is 2.78. The Bertz CT molecular complexity index is 348. The van der Waals surface area contributed by atoms with Crippen molar-refractivity contribution < 1.29 is 13.3 Å².